The van der Waals surface area contributed by atoms with Crippen molar-refractivity contribution >= 4 is 43.5 Å². The number of hydrogen-bond donors (Lipinski definition) is 1. The van der Waals surface area contributed by atoms with Crippen LogP contribution in [-0.4, -0.2) is 55.5 Å². The molecule has 0 aromatic heterocycles. The van der Waals surface area contributed by atoms with Gasteiger partial charge in [-0.05, 0) is 50.5 Å². The number of hydrogen-bond acceptors (Lipinski definition) is 4. The Morgan fingerprint density at radius 1 is 1.29 bits per heavy atom. The Morgan fingerprint density at radius 3 is 2.50 bits per heavy atom. The molecule has 0 bridgehead atoms. The van der Waals surface area contributed by atoms with Gasteiger partial charge in [0.15, 0.2) is 0 Å². The predicted octanol–water partition coefficient (Wildman–Crippen LogP) is 2.18. The lowest BCUT2D eigenvalue weighted by molar-refractivity contribution is -0.133. The van der Waals surface area contributed by atoms with Crippen LogP contribution in [0.3, 0.4) is 0 Å². The maximum Gasteiger partial charge on any atom is 0.247 e. The third kappa shape index (κ3) is 4.11. The summed E-state index contributed by atoms with van der Waals surface area (Å²) >= 11 is 3.45. The van der Waals surface area contributed by atoms with E-state index in [1.807, 2.05) is 19.1 Å². The number of rotatable bonds is 4. The quantitative estimate of drug-likeness (QED) is 0.728. The van der Waals surface area contributed by atoms with Crippen molar-refractivity contribution in [2.75, 3.05) is 24.2 Å². The zero-order chi connectivity index (χ0) is 20.7. The van der Waals surface area contributed by atoms with E-state index >= 15 is 0 Å². The van der Waals surface area contributed by atoms with Crippen molar-refractivity contribution < 1.29 is 18.0 Å². The van der Waals surface area contributed by atoms with Gasteiger partial charge in [-0.2, -0.15) is 4.31 Å². The highest BCUT2D eigenvalue weighted by molar-refractivity contribution is 9.10. The molecule has 1 aromatic carbocycles. The minimum absolute atomic E-state index is 0.0709. The standard InChI is InChI=1S/C19H26BrN3O4S/c1-13-10-15(8-9-16(13)20)23-17(24)11-22(28(3,26)27)12-19(23,2)18(25)21-14-6-4-5-7-14/h8-10,14H,4-7,11-12H2,1-3H3,(H,21,25)/t19-/m0/s1. The van der Waals surface area contributed by atoms with E-state index in [0.29, 0.717) is 5.69 Å². The van der Waals surface area contributed by atoms with Crippen LogP contribution in [0.15, 0.2) is 22.7 Å². The van der Waals surface area contributed by atoms with Gasteiger partial charge in [-0.15, -0.1) is 0 Å². The second-order valence-corrected chi connectivity index (χ2v) is 10.8. The fraction of sp³-hybridized carbons (Fsp3) is 0.579. The molecule has 2 fully saturated rings. The smallest absolute Gasteiger partial charge is 0.247 e. The fourth-order valence-electron chi connectivity index (χ4n) is 3.98. The predicted molar refractivity (Wildman–Crippen MR) is 112 cm³/mol. The molecule has 1 aliphatic heterocycles. The molecule has 0 spiro atoms. The van der Waals surface area contributed by atoms with Crippen LogP contribution < -0.4 is 10.2 Å². The largest absolute Gasteiger partial charge is 0.351 e. The molecule has 28 heavy (non-hydrogen) atoms. The molecule has 0 radical (unpaired) electrons. The Hall–Kier alpha value is -1.45. The molecule has 3 rings (SSSR count). The van der Waals surface area contributed by atoms with E-state index in [4.69, 9.17) is 0 Å². The second kappa shape index (κ2) is 7.76. The number of amides is 2. The topological polar surface area (TPSA) is 86.8 Å². The van der Waals surface area contributed by atoms with Gasteiger partial charge < -0.3 is 5.32 Å². The average Bonchev–Trinajstić information content (AvgIpc) is 3.09. The van der Waals surface area contributed by atoms with Gasteiger partial charge in [0.05, 0.1) is 12.8 Å². The first kappa shape index (κ1) is 21.3. The summed E-state index contributed by atoms with van der Waals surface area (Å²) in [4.78, 5) is 27.8. The van der Waals surface area contributed by atoms with Gasteiger partial charge in [0.1, 0.15) is 5.54 Å². The van der Waals surface area contributed by atoms with Crippen LogP contribution >= 0.6 is 15.9 Å². The lowest BCUT2D eigenvalue weighted by Gasteiger charge is -2.46. The fourth-order valence-corrected chi connectivity index (χ4v) is 5.06. The maximum absolute atomic E-state index is 13.3. The highest BCUT2D eigenvalue weighted by Gasteiger charge is 2.50. The van der Waals surface area contributed by atoms with Crippen LogP contribution in [0.4, 0.5) is 5.69 Å². The van der Waals surface area contributed by atoms with Gasteiger partial charge >= 0.3 is 0 Å². The number of anilines is 1. The molecule has 1 saturated carbocycles. The highest BCUT2D eigenvalue weighted by atomic mass is 79.9. The van der Waals surface area contributed by atoms with Crippen LogP contribution in [0.1, 0.15) is 38.2 Å². The Morgan fingerprint density at radius 2 is 1.93 bits per heavy atom. The minimum atomic E-state index is -3.61. The van der Waals surface area contributed by atoms with Crippen molar-refractivity contribution in [2.45, 2.75) is 51.1 Å². The van der Waals surface area contributed by atoms with Gasteiger partial charge in [-0.25, -0.2) is 8.42 Å². The van der Waals surface area contributed by atoms with E-state index in [9.17, 15) is 18.0 Å². The van der Waals surface area contributed by atoms with Crippen LogP contribution in [0.25, 0.3) is 0 Å². The van der Waals surface area contributed by atoms with Crippen LogP contribution in [0.2, 0.25) is 0 Å². The first-order valence-corrected chi connectivity index (χ1v) is 12.0. The summed E-state index contributed by atoms with van der Waals surface area (Å²) in [5, 5.41) is 3.04. The third-order valence-electron chi connectivity index (χ3n) is 5.59. The van der Waals surface area contributed by atoms with Gasteiger partial charge in [0, 0.05) is 22.7 Å². The zero-order valence-corrected chi connectivity index (χ0v) is 18.8. The van der Waals surface area contributed by atoms with Crippen molar-refractivity contribution in [3.8, 4) is 0 Å². The van der Waals surface area contributed by atoms with Crippen molar-refractivity contribution in [2.24, 2.45) is 0 Å². The summed E-state index contributed by atoms with van der Waals surface area (Å²) in [5.74, 6) is -0.732. The highest BCUT2D eigenvalue weighted by Crippen LogP contribution is 2.33. The van der Waals surface area contributed by atoms with Gasteiger partial charge in [0.2, 0.25) is 21.8 Å². The lowest BCUT2D eigenvalue weighted by Crippen LogP contribution is -2.70. The maximum atomic E-state index is 13.3. The molecule has 1 N–H and O–H groups in total. The number of halogens is 1. The van der Waals surface area contributed by atoms with Crippen molar-refractivity contribution in [3.63, 3.8) is 0 Å². The zero-order valence-electron chi connectivity index (χ0n) is 16.4. The van der Waals surface area contributed by atoms with E-state index in [1.165, 1.54) is 4.90 Å². The Balaban J connectivity index is 2.02. The summed E-state index contributed by atoms with van der Waals surface area (Å²) in [5.41, 5.74) is 0.179. The van der Waals surface area contributed by atoms with Gasteiger partial charge in [-0.1, -0.05) is 28.8 Å². The molecule has 1 aliphatic carbocycles. The van der Waals surface area contributed by atoms with E-state index in [1.54, 1.807) is 13.0 Å². The molecule has 2 aliphatic rings. The average molecular weight is 472 g/mol. The van der Waals surface area contributed by atoms with Gasteiger partial charge in [0.25, 0.3) is 0 Å². The molecule has 154 valence electrons. The summed E-state index contributed by atoms with van der Waals surface area (Å²) in [6.45, 7) is 3.19. The summed E-state index contributed by atoms with van der Waals surface area (Å²) in [6.07, 6.45) is 5.00. The molecule has 0 unspecified atom stereocenters. The van der Waals surface area contributed by atoms with Crippen molar-refractivity contribution in [3.05, 3.63) is 28.2 Å². The monoisotopic (exact) mass is 471 g/mol. The first-order valence-electron chi connectivity index (χ1n) is 9.37. The molecule has 7 nitrogen and oxygen atoms in total. The molecular formula is C19H26BrN3O4S. The number of carbonyl (C=O) groups excluding carboxylic acids is 2. The minimum Gasteiger partial charge on any atom is -0.351 e. The SMILES string of the molecule is Cc1cc(N2C(=O)CN(S(C)(=O)=O)C[C@@]2(C)C(=O)NC2CCCC2)ccc1Br. The van der Waals surface area contributed by atoms with Crippen LogP contribution in [0.5, 0.6) is 0 Å². The normalized spacial score (nSPS) is 24.6. The summed E-state index contributed by atoms with van der Waals surface area (Å²) in [6, 6.07) is 5.50. The Bertz CT molecular complexity index is 898. The lowest BCUT2D eigenvalue weighted by atomic mass is 9.93. The summed E-state index contributed by atoms with van der Waals surface area (Å²) < 4.78 is 26.3. The number of piperazine rings is 1. The van der Waals surface area contributed by atoms with E-state index < -0.39 is 21.5 Å². The molecule has 9 heteroatoms. The number of carbonyl (C=O) groups is 2. The van der Waals surface area contributed by atoms with E-state index in [0.717, 1.165) is 46.3 Å². The Kier molecular flexibility index (Phi) is 5.89. The van der Waals surface area contributed by atoms with E-state index in [2.05, 4.69) is 21.2 Å². The molecule has 2 amide bonds. The third-order valence-corrected chi connectivity index (χ3v) is 7.67. The number of benzene rings is 1. The van der Waals surface area contributed by atoms with Crippen molar-refractivity contribution in [1.82, 2.24) is 9.62 Å². The van der Waals surface area contributed by atoms with Crippen molar-refractivity contribution in [1.29, 1.82) is 0 Å². The second-order valence-electron chi connectivity index (χ2n) is 7.92. The van der Waals surface area contributed by atoms with Crippen LogP contribution in [-0.2, 0) is 19.6 Å². The molecule has 1 heterocycles. The molecule has 1 saturated heterocycles. The number of nitrogens with one attached hydrogen (secondary N) is 1. The number of aryl methyl sites for hydroxylation is 1. The van der Waals surface area contributed by atoms with Crippen LogP contribution in [0, 0.1) is 6.92 Å². The molecular weight excluding hydrogens is 446 g/mol. The molecule has 1 aromatic rings. The van der Waals surface area contributed by atoms with Gasteiger partial charge in [-0.3, -0.25) is 14.5 Å². The Labute approximate surface area is 174 Å². The number of sulfonamides is 1. The summed E-state index contributed by atoms with van der Waals surface area (Å²) in [7, 11) is -3.61. The number of nitrogens with zero attached hydrogens (tertiary/aromatic N) is 2. The first-order chi connectivity index (χ1) is 13.0. The van der Waals surface area contributed by atoms with E-state index in [-0.39, 0.29) is 25.0 Å². The molecule has 1 atom stereocenters.